The van der Waals surface area contributed by atoms with Gasteiger partial charge in [-0.3, -0.25) is 4.79 Å². The average molecular weight is 382 g/mol. The van der Waals surface area contributed by atoms with E-state index in [1.807, 2.05) is 24.3 Å². The summed E-state index contributed by atoms with van der Waals surface area (Å²) >= 11 is 0. The van der Waals surface area contributed by atoms with E-state index in [2.05, 4.69) is 34.6 Å². The van der Waals surface area contributed by atoms with Gasteiger partial charge >= 0.3 is 0 Å². The number of carbonyl (C=O) groups is 1. The summed E-state index contributed by atoms with van der Waals surface area (Å²) in [6.45, 7) is 1.90. The molecule has 148 valence electrons. The van der Waals surface area contributed by atoms with Gasteiger partial charge in [0.2, 0.25) is 5.91 Å². The van der Waals surface area contributed by atoms with Gasteiger partial charge in [0, 0.05) is 25.3 Å². The van der Waals surface area contributed by atoms with E-state index in [0.717, 1.165) is 33.4 Å². The van der Waals surface area contributed by atoms with Crippen molar-refractivity contribution in [3.05, 3.63) is 54.1 Å². The summed E-state index contributed by atoms with van der Waals surface area (Å²) in [5, 5.41) is 4.02. The lowest BCUT2D eigenvalue weighted by atomic mass is 10.1. The number of ether oxygens (including phenoxy) is 3. The molecule has 0 unspecified atom stereocenters. The van der Waals surface area contributed by atoms with Crippen molar-refractivity contribution in [1.29, 1.82) is 0 Å². The summed E-state index contributed by atoms with van der Waals surface area (Å²) in [6, 6.07) is 16.2. The van der Waals surface area contributed by atoms with Crippen LogP contribution in [0.2, 0.25) is 0 Å². The van der Waals surface area contributed by atoms with Crippen LogP contribution >= 0.6 is 0 Å². The first-order valence-corrected chi connectivity index (χ1v) is 9.28. The molecule has 0 spiro atoms. The smallest absolute Gasteiger partial charge is 0.226 e. The van der Waals surface area contributed by atoms with Gasteiger partial charge in [0.05, 0.1) is 44.1 Å². The first-order chi connectivity index (χ1) is 13.7. The van der Waals surface area contributed by atoms with Gasteiger partial charge in [0.1, 0.15) is 0 Å². The number of aromatic amines is 1. The molecule has 2 N–H and O–H groups in total. The lowest BCUT2D eigenvalue weighted by Gasteiger charge is -2.10. The van der Waals surface area contributed by atoms with Gasteiger partial charge in [-0.05, 0) is 29.3 Å². The highest BCUT2D eigenvalue weighted by Gasteiger charge is 2.12. The van der Waals surface area contributed by atoms with Gasteiger partial charge in [0.15, 0.2) is 0 Å². The molecule has 1 heterocycles. The zero-order chi connectivity index (χ0) is 19.8. The summed E-state index contributed by atoms with van der Waals surface area (Å²) in [6.07, 6.45) is 0.304. The molecule has 0 aliphatic rings. The standard InChI is InChI=1S/C22H26N2O4/c1-26-9-8-21(25)23-20-13-16(15-28-11-10-27-2)12-18-14-19(24-22(18)20)17-6-4-3-5-7-17/h3-7,12-14,24H,8-11,15H2,1-2H3,(H,23,25). The molecule has 0 atom stereocenters. The zero-order valence-electron chi connectivity index (χ0n) is 16.3. The third-order valence-corrected chi connectivity index (χ3v) is 4.38. The third kappa shape index (κ3) is 5.19. The van der Waals surface area contributed by atoms with Crippen molar-refractivity contribution in [1.82, 2.24) is 4.98 Å². The Morgan fingerprint density at radius 2 is 1.79 bits per heavy atom. The van der Waals surface area contributed by atoms with Crippen LogP contribution in [-0.4, -0.2) is 44.9 Å². The minimum Gasteiger partial charge on any atom is -0.384 e. The second-order valence-corrected chi connectivity index (χ2v) is 6.49. The first kappa shape index (κ1) is 20.1. The first-order valence-electron chi connectivity index (χ1n) is 9.28. The van der Waals surface area contributed by atoms with Crippen molar-refractivity contribution in [3.63, 3.8) is 0 Å². The summed E-state index contributed by atoms with van der Waals surface area (Å²) in [4.78, 5) is 15.7. The minimum atomic E-state index is -0.0866. The molecule has 2 aromatic carbocycles. The van der Waals surface area contributed by atoms with E-state index < -0.39 is 0 Å². The van der Waals surface area contributed by atoms with Crippen molar-refractivity contribution < 1.29 is 19.0 Å². The van der Waals surface area contributed by atoms with Crippen molar-refractivity contribution in [2.24, 2.45) is 0 Å². The summed E-state index contributed by atoms with van der Waals surface area (Å²) < 4.78 is 15.7. The number of benzene rings is 2. The summed E-state index contributed by atoms with van der Waals surface area (Å²) in [5.74, 6) is -0.0866. The Kier molecular flexibility index (Phi) is 7.19. The predicted octanol–water partition coefficient (Wildman–Crippen LogP) is 3.97. The molecule has 6 heteroatoms. The number of fused-ring (bicyclic) bond motifs is 1. The number of carbonyl (C=O) groups excluding carboxylic acids is 1. The molecule has 0 radical (unpaired) electrons. The Bertz CT molecular complexity index is 906. The van der Waals surface area contributed by atoms with Crippen LogP contribution in [0.15, 0.2) is 48.5 Å². The maximum Gasteiger partial charge on any atom is 0.226 e. The molecule has 1 amide bonds. The van der Waals surface area contributed by atoms with Gasteiger partial charge < -0.3 is 24.5 Å². The Morgan fingerprint density at radius 3 is 2.54 bits per heavy atom. The number of methoxy groups -OCH3 is 2. The van der Waals surface area contributed by atoms with E-state index in [1.165, 1.54) is 0 Å². The number of nitrogens with one attached hydrogen (secondary N) is 2. The minimum absolute atomic E-state index is 0.0866. The second-order valence-electron chi connectivity index (χ2n) is 6.49. The van der Waals surface area contributed by atoms with E-state index in [0.29, 0.717) is 32.8 Å². The molecule has 0 aliphatic heterocycles. The van der Waals surface area contributed by atoms with Crippen molar-refractivity contribution >= 4 is 22.5 Å². The van der Waals surface area contributed by atoms with E-state index in [9.17, 15) is 4.79 Å². The second kappa shape index (κ2) is 10.0. The Hall–Kier alpha value is -2.67. The van der Waals surface area contributed by atoms with Crippen LogP contribution in [0.4, 0.5) is 5.69 Å². The number of aromatic nitrogens is 1. The number of rotatable bonds is 10. The quantitative estimate of drug-likeness (QED) is 0.521. The topological polar surface area (TPSA) is 72.6 Å². The van der Waals surface area contributed by atoms with Crippen molar-refractivity contribution in [2.45, 2.75) is 13.0 Å². The van der Waals surface area contributed by atoms with Gasteiger partial charge in [-0.15, -0.1) is 0 Å². The number of hydrogen-bond donors (Lipinski definition) is 2. The maximum atomic E-state index is 12.2. The van der Waals surface area contributed by atoms with Gasteiger partial charge in [-0.25, -0.2) is 0 Å². The van der Waals surface area contributed by atoms with Crippen LogP contribution in [0.5, 0.6) is 0 Å². The van der Waals surface area contributed by atoms with Crippen LogP contribution in [0.1, 0.15) is 12.0 Å². The highest BCUT2D eigenvalue weighted by atomic mass is 16.5. The molecule has 28 heavy (non-hydrogen) atoms. The Balaban J connectivity index is 1.91. The predicted molar refractivity (Wildman–Crippen MR) is 110 cm³/mol. The van der Waals surface area contributed by atoms with Crippen LogP contribution < -0.4 is 5.32 Å². The monoisotopic (exact) mass is 382 g/mol. The maximum absolute atomic E-state index is 12.2. The molecule has 3 rings (SSSR count). The normalized spacial score (nSPS) is 11.1. The molecule has 0 saturated carbocycles. The highest BCUT2D eigenvalue weighted by Crippen LogP contribution is 2.30. The number of hydrogen-bond acceptors (Lipinski definition) is 4. The largest absolute Gasteiger partial charge is 0.384 e. The van der Waals surface area contributed by atoms with Crippen LogP contribution in [0.3, 0.4) is 0 Å². The summed E-state index contributed by atoms with van der Waals surface area (Å²) in [5.41, 5.74) is 4.72. The fourth-order valence-corrected chi connectivity index (χ4v) is 3.00. The molecule has 0 fully saturated rings. The third-order valence-electron chi connectivity index (χ3n) is 4.38. The Morgan fingerprint density at radius 1 is 1.00 bits per heavy atom. The van der Waals surface area contributed by atoms with E-state index in [4.69, 9.17) is 14.2 Å². The number of amides is 1. The molecule has 3 aromatic rings. The molecule has 6 nitrogen and oxygen atoms in total. The fraction of sp³-hybridized carbons (Fsp3) is 0.318. The zero-order valence-corrected chi connectivity index (χ0v) is 16.3. The van der Waals surface area contributed by atoms with Crippen molar-refractivity contribution in [2.75, 3.05) is 39.4 Å². The molecule has 1 aromatic heterocycles. The molecule has 0 bridgehead atoms. The fourth-order valence-electron chi connectivity index (χ4n) is 3.00. The number of H-pyrrole nitrogens is 1. The van der Waals surface area contributed by atoms with Crippen molar-refractivity contribution in [3.8, 4) is 11.3 Å². The van der Waals surface area contributed by atoms with Crippen LogP contribution in [0.25, 0.3) is 22.2 Å². The Labute approximate surface area is 164 Å². The molecular weight excluding hydrogens is 356 g/mol. The molecular formula is C22H26N2O4. The van der Waals surface area contributed by atoms with Gasteiger partial charge in [-0.1, -0.05) is 30.3 Å². The van der Waals surface area contributed by atoms with Crippen LogP contribution in [0, 0.1) is 0 Å². The lowest BCUT2D eigenvalue weighted by molar-refractivity contribution is -0.117. The van der Waals surface area contributed by atoms with E-state index in [1.54, 1.807) is 14.2 Å². The van der Waals surface area contributed by atoms with E-state index >= 15 is 0 Å². The van der Waals surface area contributed by atoms with Gasteiger partial charge in [0.25, 0.3) is 0 Å². The van der Waals surface area contributed by atoms with Crippen LogP contribution in [-0.2, 0) is 25.6 Å². The SMILES string of the molecule is COCCOCc1cc(NC(=O)CCOC)c2[nH]c(-c3ccccc3)cc2c1. The molecule has 0 saturated heterocycles. The lowest BCUT2D eigenvalue weighted by Crippen LogP contribution is -2.14. The highest BCUT2D eigenvalue weighted by molar-refractivity contribution is 6.02. The molecule has 0 aliphatic carbocycles. The van der Waals surface area contributed by atoms with Gasteiger partial charge in [-0.2, -0.15) is 0 Å². The number of anilines is 1. The average Bonchev–Trinajstić information content (AvgIpc) is 3.15. The summed E-state index contributed by atoms with van der Waals surface area (Å²) in [7, 11) is 3.23. The van der Waals surface area contributed by atoms with E-state index in [-0.39, 0.29) is 5.91 Å².